The molecule has 0 bridgehead atoms. The number of isothiocyanates is 1. The van der Waals surface area contributed by atoms with Gasteiger partial charge in [0.05, 0.1) is 15.7 Å². The van der Waals surface area contributed by atoms with E-state index in [9.17, 15) is 8.42 Å². The first-order chi connectivity index (χ1) is 6.04. The Morgan fingerprint density at radius 1 is 1.27 bits per heavy atom. The van der Waals surface area contributed by atoms with Gasteiger partial charge in [0, 0.05) is 29.6 Å². The van der Waals surface area contributed by atoms with Gasteiger partial charge < -0.3 is 5.48 Å². The van der Waals surface area contributed by atoms with E-state index in [4.69, 9.17) is 4.55 Å². The van der Waals surface area contributed by atoms with Crippen molar-refractivity contribution in [3.63, 3.8) is 0 Å². The molecule has 0 saturated carbocycles. The summed E-state index contributed by atoms with van der Waals surface area (Å²) in [6.07, 6.45) is 0. The average Bonchev–Trinajstić information content (AvgIpc) is 2.04. The minimum atomic E-state index is -4.12. The molecule has 5 nitrogen and oxygen atoms in total. The fraction of sp³-hybridized carbons (Fsp3) is 0. The summed E-state index contributed by atoms with van der Waals surface area (Å²) >= 11 is 4.36. The molecule has 8 heteroatoms. The Bertz CT molecular complexity index is 450. The molecule has 3 N–H and O–H groups in total. The van der Waals surface area contributed by atoms with E-state index in [0.717, 1.165) is 0 Å². The van der Waals surface area contributed by atoms with Crippen LogP contribution in [0.25, 0.3) is 0 Å². The van der Waals surface area contributed by atoms with E-state index in [2.05, 4.69) is 22.4 Å². The van der Waals surface area contributed by atoms with Gasteiger partial charge in [-0.1, -0.05) is 0 Å². The maximum Gasteiger partial charge on any atom is 0.294 e. The Morgan fingerprint density at radius 2 is 1.73 bits per heavy atom. The van der Waals surface area contributed by atoms with Crippen molar-refractivity contribution in [2.75, 3.05) is 0 Å². The zero-order chi connectivity index (χ0) is 9.90. The monoisotopic (exact) mass is 256 g/mol. The van der Waals surface area contributed by atoms with Gasteiger partial charge in [-0.15, -0.1) is 0 Å². The fourth-order valence-corrected chi connectivity index (χ4v) is 1.33. The van der Waals surface area contributed by atoms with Crippen molar-refractivity contribution >= 4 is 62.7 Å². The average molecular weight is 256 g/mol. The minimum Gasteiger partial charge on any atom is -0.412 e. The molecule has 0 spiro atoms. The standard InChI is InChI=1S/C7H5NO3S2.Na.H2O/c9-13(10,11)7-3-1-6(2-4-7)8-5-12;;/h1-4H,(H,9,10,11);;1H2. The van der Waals surface area contributed by atoms with E-state index in [0.29, 0.717) is 5.69 Å². The molecular formula is C7H7NNaO4S2. The molecule has 0 aromatic heterocycles. The van der Waals surface area contributed by atoms with Crippen molar-refractivity contribution in [3.8, 4) is 0 Å². The van der Waals surface area contributed by atoms with Crippen LogP contribution in [0.4, 0.5) is 5.69 Å². The predicted molar refractivity (Wildman–Crippen MR) is 60.3 cm³/mol. The predicted octanol–water partition coefficient (Wildman–Crippen LogP) is 0.462. The van der Waals surface area contributed by atoms with Crippen molar-refractivity contribution < 1.29 is 18.4 Å². The number of nitrogens with zero attached hydrogens (tertiary/aromatic N) is 1. The first-order valence-corrected chi connectivity index (χ1v) is 5.04. The smallest absolute Gasteiger partial charge is 0.294 e. The van der Waals surface area contributed by atoms with E-state index in [1.807, 2.05) is 0 Å². The van der Waals surface area contributed by atoms with Gasteiger partial charge in [-0.05, 0) is 36.5 Å². The van der Waals surface area contributed by atoms with E-state index < -0.39 is 10.1 Å². The van der Waals surface area contributed by atoms with Crippen LogP contribution in [-0.2, 0) is 10.1 Å². The van der Waals surface area contributed by atoms with Gasteiger partial charge in [0.15, 0.2) is 0 Å². The third-order valence-corrected chi connectivity index (χ3v) is 2.27. The van der Waals surface area contributed by atoms with Crippen molar-refractivity contribution in [1.29, 1.82) is 0 Å². The Hall–Kier alpha value is -0.110. The first-order valence-electron chi connectivity index (χ1n) is 3.19. The number of benzene rings is 1. The zero-order valence-electron chi connectivity index (χ0n) is 7.84. The summed E-state index contributed by atoms with van der Waals surface area (Å²) < 4.78 is 29.8. The van der Waals surface area contributed by atoms with Gasteiger partial charge >= 0.3 is 0 Å². The second kappa shape index (κ2) is 7.21. The summed E-state index contributed by atoms with van der Waals surface area (Å²) in [5.74, 6) is 0. The van der Waals surface area contributed by atoms with E-state index in [1.54, 1.807) is 0 Å². The Balaban J connectivity index is 0. The summed E-state index contributed by atoms with van der Waals surface area (Å²) in [4.78, 5) is 3.45. The molecule has 1 aromatic rings. The normalized spacial score (nSPS) is 9.13. The summed E-state index contributed by atoms with van der Waals surface area (Å²) in [5.41, 5.74) is 0.488. The molecule has 0 unspecified atom stereocenters. The van der Waals surface area contributed by atoms with E-state index >= 15 is 0 Å². The van der Waals surface area contributed by atoms with Crippen LogP contribution in [0.15, 0.2) is 34.2 Å². The summed E-state index contributed by atoms with van der Waals surface area (Å²) in [6, 6.07) is 5.31. The second-order valence-electron chi connectivity index (χ2n) is 2.17. The third kappa shape index (κ3) is 5.50. The largest absolute Gasteiger partial charge is 0.412 e. The molecular weight excluding hydrogens is 249 g/mol. The molecule has 1 aromatic carbocycles. The maximum absolute atomic E-state index is 10.6. The van der Waals surface area contributed by atoms with Crippen LogP contribution in [-0.4, -0.2) is 53.2 Å². The quantitative estimate of drug-likeness (QED) is 0.359. The summed E-state index contributed by atoms with van der Waals surface area (Å²) in [7, 11) is -4.12. The van der Waals surface area contributed by atoms with Gasteiger partial charge in [0.1, 0.15) is 0 Å². The summed E-state index contributed by atoms with van der Waals surface area (Å²) in [6.45, 7) is 0. The number of aliphatic imine (C=N–C) groups is 1. The van der Waals surface area contributed by atoms with Crippen molar-refractivity contribution in [3.05, 3.63) is 24.3 Å². The molecule has 0 aliphatic carbocycles. The van der Waals surface area contributed by atoms with Crippen molar-refractivity contribution in [2.45, 2.75) is 4.90 Å². The van der Waals surface area contributed by atoms with E-state index in [-0.39, 0.29) is 39.9 Å². The second-order valence-corrected chi connectivity index (χ2v) is 3.78. The Morgan fingerprint density at radius 3 is 2.07 bits per heavy atom. The molecule has 0 heterocycles. The van der Waals surface area contributed by atoms with Crippen LogP contribution in [0.3, 0.4) is 0 Å². The molecule has 0 aliphatic rings. The molecule has 15 heavy (non-hydrogen) atoms. The van der Waals surface area contributed by atoms with Crippen LogP contribution in [0, 0.1) is 0 Å². The van der Waals surface area contributed by atoms with Crippen LogP contribution >= 0.6 is 12.2 Å². The SMILES string of the molecule is O.O=S(=O)(O)c1ccc(N=C=S)cc1.[Na]. The molecule has 77 valence electrons. The number of rotatable bonds is 2. The molecule has 1 radical (unpaired) electrons. The van der Waals surface area contributed by atoms with Gasteiger partial charge in [-0.3, -0.25) is 4.55 Å². The zero-order valence-corrected chi connectivity index (χ0v) is 11.5. The van der Waals surface area contributed by atoms with Crippen molar-refractivity contribution in [1.82, 2.24) is 0 Å². The van der Waals surface area contributed by atoms with Crippen LogP contribution in [0.5, 0.6) is 0 Å². The Labute approximate surface area is 115 Å². The van der Waals surface area contributed by atoms with Gasteiger partial charge in [0.2, 0.25) is 0 Å². The van der Waals surface area contributed by atoms with Gasteiger partial charge in [-0.25, -0.2) is 0 Å². The van der Waals surface area contributed by atoms with Crippen LogP contribution in [0.2, 0.25) is 0 Å². The molecule has 0 aliphatic heterocycles. The number of hydrogen-bond donors (Lipinski definition) is 1. The summed E-state index contributed by atoms with van der Waals surface area (Å²) in [5, 5.41) is 2.14. The molecule has 0 saturated heterocycles. The molecule has 0 atom stereocenters. The Kier molecular flexibility index (Phi) is 8.31. The first kappa shape index (κ1) is 17.3. The third-order valence-electron chi connectivity index (χ3n) is 1.31. The number of hydrogen-bond acceptors (Lipinski definition) is 4. The fourth-order valence-electron chi connectivity index (χ4n) is 0.745. The van der Waals surface area contributed by atoms with Gasteiger partial charge in [-0.2, -0.15) is 13.4 Å². The number of thiocarbonyl (C=S) groups is 1. The van der Waals surface area contributed by atoms with E-state index in [1.165, 1.54) is 24.3 Å². The molecule has 0 amide bonds. The van der Waals surface area contributed by atoms with Crippen LogP contribution < -0.4 is 0 Å². The molecule has 0 fully saturated rings. The van der Waals surface area contributed by atoms with Crippen LogP contribution in [0.1, 0.15) is 0 Å². The minimum absolute atomic E-state index is 0. The molecule has 1 rings (SSSR count). The maximum atomic E-state index is 10.6. The topological polar surface area (TPSA) is 98.2 Å². The van der Waals surface area contributed by atoms with Crippen molar-refractivity contribution in [2.24, 2.45) is 4.99 Å². The van der Waals surface area contributed by atoms with Gasteiger partial charge in [0.25, 0.3) is 10.1 Å².